The van der Waals surface area contributed by atoms with Gasteiger partial charge in [-0.05, 0) is 54.9 Å². The second-order valence-corrected chi connectivity index (χ2v) is 14.1. The van der Waals surface area contributed by atoms with Crippen LogP contribution in [0.3, 0.4) is 0 Å². The van der Waals surface area contributed by atoms with Crippen LogP contribution in [0.2, 0.25) is 0 Å². The maximum Gasteiger partial charge on any atom is 0.737 e. The van der Waals surface area contributed by atoms with Crippen LogP contribution in [0, 0.1) is 25.7 Å². The van der Waals surface area contributed by atoms with Gasteiger partial charge in [0.1, 0.15) is 5.71 Å². The molecule has 12 nitrogen and oxygen atoms in total. The van der Waals surface area contributed by atoms with E-state index in [9.17, 15) is 14.4 Å². The number of aryl methyl sites for hydroxylation is 2. The number of benzene rings is 2. The molecule has 6 rings (SSSR count). The zero-order chi connectivity index (χ0) is 40.9. The van der Waals surface area contributed by atoms with E-state index in [-0.39, 0.29) is 43.4 Å². The Bertz CT molecular complexity index is 2140. The molecule has 306 valence electrons. The highest BCUT2D eigenvalue weighted by Gasteiger charge is 2.52. The number of nitrogens with zero attached hydrogens (tertiary/aromatic N) is 3. The minimum atomic E-state index is -4.04. The SMILES string of the molecule is Cc1cc(C)n2c1C=C1C=CC(CCC(=O)NCCOCCOCCOCCOCCNC(=O)CCC(=O)N3Cc4ccccc4C#Cc4ccccc43)=[N+]1[B-]2(F)F. The largest absolute Gasteiger partial charge is 0.737 e. The van der Waals surface area contributed by atoms with Crippen LogP contribution in [0.25, 0.3) is 6.08 Å². The lowest BCUT2D eigenvalue weighted by molar-refractivity contribution is -0.362. The van der Waals surface area contributed by atoms with Crippen molar-refractivity contribution in [1.29, 1.82) is 0 Å². The molecule has 0 fully saturated rings. The Kier molecular flexibility index (Phi) is 14.8. The van der Waals surface area contributed by atoms with Crippen molar-refractivity contribution >= 4 is 42.2 Å². The van der Waals surface area contributed by atoms with Crippen molar-refractivity contribution in [3.63, 3.8) is 0 Å². The van der Waals surface area contributed by atoms with Gasteiger partial charge in [0.2, 0.25) is 17.7 Å². The van der Waals surface area contributed by atoms with Gasteiger partial charge in [-0.1, -0.05) is 42.2 Å². The standard InChI is InChI=1S/C43H50BF2N5O7/c1-32-29-33(2)50-40(32)30-38-14-13-37(51(38)44(50,45)46)15-16-41(52)47-19-21-55-23-25-57-27-28-58-26-24-56-22-20-48-42(53)17-18-43(54)49-31-36-9-4-3-7-34(36)11-12-35-8-5-6-10-39(35)49/h3-10,13-14,29-30H,15-28,31H2,1-2H3,(H,47,52)(H,48,53). The number of amides is 3. The molecular weight excluding hydrogens is 747 g/mol. The van der Waals surface area contributed by atoms with E-state index in [0.717, 1.165) is 36.9 Å². The summed E-state index contributed by atoms with van der Waals surface area (Å²) in [5, 5.41) is 5.57. The van der Waals surface area contributed by atoms with Crippen LogP contribution in [-0.4, -0.2) is 105 Å². The molecule has 0 saturated heterocycles. The number of nitrogens with one attached hydrogen (secondary N) is 2. The Labute approximate surface area is 337 Å². The van der Waals surface area contributed by atoms with Gasteiger partial charge in [-0.3, -0.25) is 14.4 Å². The fourth-order valence-corrected chi connectivity index (χ4v) is 7.16. The molecule has 0 bridgehead atoms. The van der Waals surface area contributed by atoms with E-state index in [4.69, 9.17) is 18.9 Å². The number of fused-ring (bicyclic) bond motifs is 4. The number of rotatable bonds is 21. The van der Waals surface area contributed by atoms with E-state index >= 15 is 8.63 Å². The molecule has 0 saturated carbocycles. The van der Waals surface area contributed by atoms with Gasteiger partial charge in [0.25, 0.3) is 0 Å². The van der Waals surface area contributed by atoms with Crippen molar-refractivity contribution in [3.05, 3.63) is 106 Å². The van der Waals surface area contributed by atoms with Gasteiger partial charge in [0.05, 0.1) is 65.1 Å². The molecule has 3 aromatic rings. The fraction of sp³-hybridized carbons (Fsp3) is 0.395. The quantitative estimate of drug-likeness (QED) is 0.0925. The van der Waals surface area contributed by atoms with Gasteiger partial charge >= 0.3 is 6.97 Å². The second kappa shape index (κ2) is 20.3. The molecule has 4 heterocycles. The zero-order valence-electron chi connectivity index (χ0n) is 33.1. The first kappa shape index (κ1) is 42.2. The highest BCUT2D eigenvalue weighted by Crippen LogP contribution is 2.34. The topological polar surface area (TPSA) is 123 Å². The molecule has 3 aliphatic rings. The second-order valence-electron chi connectivity index (χ2n) is 14.1. The third-order valence-electron chi connectivity index (χ3n) is 10.0. The van der Waals surface area contributed by atoms with E-state index in [0.29, 0.717) is 95.3 Å². The third-order valence-corrected chi connectivity index (χ3v) is 10.0. The van der Waals surface area contributed by atoms with Crippen LogP contribution in [0.5, 0.6) is 0 Å². The predicted octanol–water partition coefficient (Wildman–Crippen LogP) is 4.51. The highest BCUT2D eigenvalue weighted by molar-refractivity contribution is 6.58. The van der Waals surface area contributed by atoms with E-state index in [1.165, 1.54) is 0 Å². The Morgan fingerprint density at radius 2 is 1.34 bits per heavy atom. The van der Waals surface area contributed by atoms with Crippen LogP contribution in [-0.2, 0) is 39.9 Å². The predicted molar refractivity (Wildman–Crippen MR) is 217 cm³/mol. The normalized spacial score (nSPS) is 14.6. The molecular formula is C43H50BF2N5O7. The first-order valence-electron chi connectivity index (χ1n) is 19.7. The molecule has 58 heavy (non-hydrogen) atoms. The van der Waals surface area contributed by atoms with Crippen molar-refractivity contribution in [1.82, 2.24) is 15.1 Å². The Morgan fingerprint density at radius 1 is 0.759 bits per heavy atom. The van der Waals surface area contributed by atoms with Gasteiger partial charge in [0.15, 0.2) is 5.70 Å². The van der Waals surface area contributed by atoms with Crippen molar-refractivity contribution in [2.24, 2.45) is 0 Å². The smallest absolute Gasteiger partial charge is 0.394 e. The Hall–Kier alpha value is -5.40. The number of aromatic nitrogens is 1. The number of para-hydroxylation sites is 1. The molecule has 3 aliphatic heterocycles. The van der Waals surface area contributed by atoms with Gasteiger partial charge < -0.3 is 52.1 Å². The van der Waals surface area contributed by atoms with Crippen LogP contribution >= 0.6 is 0 Å². The maximum atomic E-state index is 15.6. The van der Waals surface area contributed by atoms with Crippen molar-refractivity contribution in [2.75, 3.05) is 70.8 Å². The summed E-state index contributed by atoms with van der Waals surface area (Å²) in [6.07, 6.45) is 5.53. The van der Waals surface area contributed by atoms with E-state index in [1.54, 1.807) is 36.1 Å². The number of carbonyl (C=O) groups excluding carboxylic acids is 3. The number of halogens is 2. The van der Waals surface area contributed by atoms with Gasteiger partial charge in [-0.25, -0.2) is 0 Å². The molecule has 0 spiro atoms. The number of ether oxygens (including phenoxy) is 4. The average Bonchev–Trinajstić information content (AvgIpc) is 3.76. The molecule has 0 radical (unpaired) electrons. The Morgan fingerprint density at radius 3 is 2.03 bits per heavy atom. The fourth-order valence-electron chi connectivity index (χ4n) is 7.16. The minimum Gasteiger partial charge on any atom is -0.394 e. The number of allylic oxidation sites excluding steroid dienone is 2. The molecule has 0 unspecified atom stereocenters. The lowest BCUT2D eigenvalue weighted by atomic mass is 9.90. The Balaban J connectivity index is 0.737. The van der Waals surface area contributed by atoms with Gasteiger partial charge in [-0.2, -0.15) is 0 Å². The number of hydrogen-bond donors (Lipinski definition) is 2. The van der Waals surface area contributed by atoms with Crippen molar-refractivity contribution in [3.8, 4) is 11.8 Å². The molecule has 2 aromatic carbocycles. The van der Waals surface area contributed by atoms with Crippen molar-refractivity contribution in [2.45, 2.75) is 46.1 Å². The molecule has 0 aliphatic carbocycles. The maximum absolute atomic E-state index is 15.6. The van der Waals surface area contributed by atoms with Crippen LogP contribution in [0.4, 0.5) is 14.3 Å². The average molecular weight is 798 g/mol. The van der Waals surface area contributed by atoms with Crippen LogP contribution in [0.1, 0.15) is 59.3 Å². The summed E-state index contributed by atoms with van der Waals surface area (Å²) in [7, 11) is 0. The first-order valence-corrected chi connectivity index (χ1v) is 19.7. The van der Waals surface area contributed by atoms with E-state index < -0.39 is 6.97 Å². The minimum absolute atomic E-state index is 0.0651. The lowest BCUT2D eigenvalue weighted by Gasteiger charge is -2.30. The highest BCUT2D eigenvalue weighted by atomic mass is 19.2. The summed E-state index contributed by atoms with van der Waals surface area (Å²) in [6.45, 7) is 3.28. The summed E-state index contributed by atoms with van der Waals surface area (Å²) < 4.78 is 55.3. The van der Waals surface area contributed by atoms with E-state index in [1.807, 2.05) is 55.5 Å². The third kappa shape index (κ3) is 10.8. The van der Waals surface area contributed by atoms with Gasteiger partial charge in [-0.15, -0.1) is 0 Å². The monoisotopic (exact) mass is 797 g/mol. The van der Waals surface area contributed by atoms with Crippen LogP contribution < -0.4 is 15.5 Å². The summed E-state index contributed by atoms with van der Waals surface area (Å²) >= 11 is 0. The first-order chi connectivity index (χ1) is 28.1. The van der Waals surface area contributed by atoms with Crippen LogP contribution in [0.15, 0.2) is 72.4 Å². The summed E-state index contributed by atoms with van der Waals surface area (Å²) in [5.41, 5.74) is 6.06. The summed E-state index contributed by atoms with van der Waals surface area (Å²) in [4.78, 5) is 39.9. The molecule has 1 aromatic heterocycles. The summed E-state index contributed by atoms with van der Waals surface area (Å²) in [6, 6.07) is 17.1. The summed E-state index contributed by atoms with van der Waals surface area (Å²) in [5.74, 6) is 5.78. The molecule has 3 amide bonds. The molecule has 2 N–H and O–H groups in total. The zero-order valence-corrected chi connectivity index (χ0v) is 33.1. The van der Waals surface area contributed by atoms with Crippen molar-refractivity contribution < 1.29 is 46.4 Å². The number of carbonyl (C=O) groups is 3. The molecule has 0 atom stereocenters. The van der Waals surface area contributed by atoms with E-state index in [2.05, 4.69) is 22.5 Å². The molecule has 15 heteroatoms. The number of anilines is 1. The lowest BCUT2D eigenvalue weighted by Crippen LogP contribution is -2.50. The van der Waals surface area contributed by atoms with Gasteiger partial charge in [0, 0.05) is 73.8 Å². The number of hydrogen-bond acceptors (Lipinski definition) is 7.